The van der Waals surface area contributed by atoms with Crippen molar-refractivity contribution in [2.75, 3.05) is 5.32 Å². The van der Waals surface area contributed by atoms with E-state index in [1.165, 1.54) is 0 Å². The lowest BCUT2D eigenvalue weighted by molar-refractivity contribution is -0.274. The zero-order chi connectivity index (χ0) is 13.1. The van der Waals surface area contributed by atoms with Crippen LogP contribution in [0.25, 0.3) is 0 Å². The van der Waals surface area contributed by atoms with Crippen molar-refractivity contribution in [3.05, 3.63) is 23.8 Å². The number of halogens is 3. The summed E-state index contributed by atoms with van der Waals surface area (Å²) in [5, 5.41) is 10.6. The van der Waals surface area contributed by atoms with Gasteiger partial charge in [-0.3, -0.25) is 4.79 Å². The van der Waals surface area contributed by atoms with Crippen molar-refractivity contribution in [2.45, 2.75) is 6.36 Å². The van der Waals surface area contributed by atoms with E-state index in [1.54, 1.807) is 0 Å². The van der Waals surface area contributed by atoms with Crippen LogP contribution in [0.5, 0.6) is 5.75 Å². The van der Waals surface area contributed by atoms with Crippen LogP contribution in [-0.2, 0) is 4.79 Å². The molecule has 17 heavy (non-hydrogen) atoms. The van der Waals surface area contributed by atoms with Gasteiger partial charge in [0.15, 0.2) is 5.75 Å². The molecule has 1 aromatic carbocycles. The number of carboxylic acids is 1. The third kappa shape index (κ3) is 3.37. The molecule has 0 spiro atoms. The van der Waals surface area contributed by atoms with Crippen LogP contribution in [0.1, 0.15) is 10.4 Å². The minimum absolute atomic E-state index is 0.0605. The fourth-order valence-corrected chi connectivity index (χ4v) is 1.13. The highest BCUT2D eigenvalue weighted by atomic mass is 19.4. The van der Waals surface area contributed by atoms with Crippen LogP contribution >= 0.6 is 0 Å². The molecule has 0 aliphatic heterocycles. The number of rotatable bonds is 4. The van der Waals surface area contributed by atoms with Gasteiger partial charge >= 0.3 is 12.3 Å². The molecule has 0 bridgehead atoms. The number of benzene rings is 1. The normalized spacial score (nSPS) is 10.8. The first-order valence-electron chi connectivity index (χ1n) is 4.17. The van der Waals surface area contributed by atoms with E-state index >= 15 is 0 Å². The molecule has 1 rings (SSSR count). The molecular formula is C9H6F3NO4. The van der Waals surface area contributed by atoms with Crippen molar-refractivity contribution < 1.29 is 32.6 Å². The number of hydrogen-bond acceptors (Lipinski definition) is 3. The molecular weight excluding hydrogens is 243 g/mol. The predicted octanol–water partition coefficient (Wildman–Crippen LogP) is 1.85. The van der Waals surface area contributed by atoms with Crippen molar-refractivity contribution in [3.8, 4) is 5.75 Å². The Balaban J connectivity index is 3.24. The molecule has 8 heteroatoms. The maximum Gasteiger partial charge on any atom is 0.573 e. The standard InChI is InChI=1S/C9H6F3NO4/c10-9(11,12)17-6-3-1-2-5(8(15)16)7(6)13-4-14/h1-4H,(H,13,14)(H,15,16). The second-order valence-corrected chi connectivity index (χ2v) is 2.79. The van der Waals surface area contributed by atoms with E-state index in [4.69, 9.17) is 5.11 Å². The van der Waals surface area contributed by atoms with Gasteiger partial charge in [0.1, 0.15) is 0 Å². The summed E-state index contributed by atoms with van der Waals surface area (Å²) in [5.41, 5.74) is -1.05. The number of ether oxygens (including phenoxy) is 1. The van der Waals surface area contributed by atoms with Crippen molar-refractivity contribution in [1.82, 2.24) is 0 Å². The number of anilines is 1. The number of amides is 1. The topological polar surface area (TPSA) is 75.6 Å². The van der Waals surface area contributed by atoms with E-state index in [2.05, 4.69) is 4.74 Å². The van der Waals surface area contributed by atoms with Gasteiger partial charge in [-0.15, -0.1) is 13.2 Å². The third-order valence-corrected chi connectivity index (χ3v) is 1.69. The molecule has 0 atom stereocenters. The highest BCUT2D eigenvalue weighted by molar-refractivity contribution is 5.98. The van der Waals surface area contributed by atoms with E-state index in [-0.39, 0.29) is 6.41 Å². The van der Waals surface area contributed by atoms with Gasteiger partial charge in [-0.2, -0.15) is 0 Å². The number of carboxylic acid groups (broad SMARTS) is 1. The Kier molecular flexibility index (Phi) is 3.56. The number of alkyl halides is 3. The number of carbonyl (C=O) groups excluding carboxylic acids is 1. The summed E-state index contributed by atoms with van der Waals surface area (Å²) in [6, 6.07) is 3.00. The number of carbonyl (C=O) groups is 2. The summed E-state index contributed by atoms with van der Waals surface area (Å²) in [5.74, 6) is -2.27. The van der Waals surface area contributed by atoms with Crippen LogP contribution < -0.4 is 10.1 Å². The van der Waals surface area contributed by atoms with Gasteiger partial charge < -0.3 is 15.2 Å². The van der Waals surface area contributed by atoms with E-state index in [1.807, 2.05) is 5.32 Å². The fourth-order valence-electron chi connectivity index (χ4n) is 1.13. The molecule has 0 saturated heterocycles. The lowest BCUT2D eigenvalue weighted by Gasteiger charge is -2.13. The molecule has 0 fully saturated rings. The molecule has 0 heterocycles. The van der Waals surface area contributed by atoms with E-state index in [0.717, 1.165) is 18.2 Å². The summed E-state index contributed by atoms with van der Waals surface area (Å²) in [7, 11) is 0. The SMILES string of the molecule is O=CNc1c(OC(F)(F)F)cccc1C(=O)O. The molecule has 5 nitrogen and oxygen atoms in total. The minimum atomic E-state index is -4.98. The highest BCUT2D eigenvalue weighted by Gasteiger charge is 2.33. The van der Waals surface area contributed by atoms with Crippen LogP contribution in [0.2, 0.25) is 0 Å². The Morgan fingerprint density at radius 3 is 2.53 bits per heavy atom. The molecule has 0 aliphatic rings. The van der Waals surface area contributed by atoms with Gasteiger partial charge in [0.25, 0.3) is 0 Å². The average molecular weight is 249 g/mol. The number of nitrogens with one attached hydrogen (secondary N) is 1. The van der Waals surface area contributed by atoms with E-state index in [9.17, 15) is 22.8 Å². The second-order valence-electron chi connectivity index (χ2n) is 2.79. The van der Waals surface area contributed by atoms with Gasteiger partial charge in [-0.25, -0.2) is 4.79 Å². The molecule has 0 aliphatic carbocycles. The Morgan fingerprint density at radius 1 is 1.41 bits per heavy atom. The predicted molar refractivity (Wildman–Crippen MR) is 49.8 cm³/mol. The fraction of sp³-hybridized carbons (Fsp3) is 0.111. The van der Waals surface area contributed by atoms with Gasteiger partial charge in [-0.1, -0.05) is 6.07 Å². The van der Waals surface area contributed by atoms with Crippen molar-refractivity contribution in [3.63, 3.8) is 0 Å². The summed E-state index contributed by atoms with van der Waals surface area (Å²) < 4.78 is 39.6. The first-order chi connectivity index (χ1) is 7.85. The monoisotopic (exact) mass is 249 g/mol. The van der Waals surface area contributed by atoms with E-state index in [0.29, 0.717) is 0 Å². The zero-order valence-corrected chi connectivity index (χ0v) is 8.12. The minimum Gasteiger partial charge on any atom is -0.478 e. The van der Waals surface area contributed by atoms with Crippen LogP contribution in [0.3, 0.4) is 0 Å². The zero-order valence-electron chi connectivity index (χ0n) is 8.12. The maximum absolute atomic E-state index is 12.0. The molecule has 0 saturated carbocycles. The maximum atomic E-state index is 12.0. The molecule has 0 aromatic heterocycles. The van der Waals surface area contributed by atoms with Crippen molar-refractivity contribution >= 4 is 18.1 Å². The molecule has 2 N–H and O–H groups in total. The molecule has 0 unspecified atom stereocenters. The van der Waals surface area contributed by atoms with Gasteiger partial charge in [0.05, 0.1) is 11.3 Å². The second kappa shape index (κ2) is 4.73. The summed E-state index contributed by atoms with van der Waals surface area (Å²) in [4.78, 5) is 20.9. The highest BCUT2D eigenvalue weighted by Crippen LogP contribution is 2.32. The smallest absolute Gasteiger partial charge is 0.478 e. The van der Waals surface area contributed by atoms with Crippen LogP contribution in [0, 0.1) is 0 Å². The Labute approximate surface area is 92.8 Å². The first kappa shape index (κ1) is 12.8. The Morgan fingerprint density at radius 2 is 2.06 bits per heavy atom. The average Bonchev–Trinajstić information content (AvgIpc) is 2.18. The number of aromatic carboxylic acids is 1. The lowest BCUT2D eigenvalue weighted by atomic mass is 10.1. The largest absolute Gasteiger partial charge is 0.573 e. The summed E-state index contributed by atoms with van der Waals surface area (Å²) >= 11 is 0. The van der Waals surface area contributed by atoms with Crippen molar-refractivity contribution in [2.24, 2.45) is 0 Å². The molecule has 92 valence electrons. The quantitative estimate of drug-likeness (QED) is 0.798. The van der Waals surface area contributed by atoms with Gasteiger partial charge in [-0.05, 0) is 12.1 Å². The first-order valence-corrected chi connectivity index (χ1v) is 4.17. The van der Waals surface area contributed by atoms with E-state index < -0.39 is 29.3 Å². The summed E-state index contributed by atoms with van der Waals surface area (Å²) in [6.07, 6.45) is -4.92. The summed E-state index contributed by atoms with van der Waals surface area (Å²) in [6.45, 7) is 0. The van der Waals surface area contributed by atoms with Crippen LogP contribution in [0.4, 0.5) is 18.9 Å². The molecule has 1 aromatic rings. The van der Waals surface area contributed by atoms with Crippen LogP contribution in [-0.4, -0.2) is 23.8 Å². The molecule has 1 amide bonds. The van der Waals surface area contributed by atoms with Gasteiger partial charge in [0, 0.05) is 0 Å². The Bertz CT molecular complexity index is 444. The lowest BCUT2D eigenvalue weighted by Crippen LogP contribution is -2.19. The Hall–Kier alpha value is -2.25. The van der Waals surface area contributed by atoms with Gasteiger partial charge in [0.2, 0.25) is 6.41 Å². The van der Waals surface area contributed by atoms with Crippen LogP contribution in [0.15, 0.2) is 18.2 Å². The number of hydrogen-bond donors (Lipinski definition) is 2. The van der Waals surface area contributed by atoms with Crippen molar-refractivity contribution in [1.29, 1.82) is 0 Å². The number of para-hydroxylation sites is 1. The third-order valence-electron chi connectivity index (χ3n) is 1.69. The molecule has 0 radical (unpaired) electrons.